The molecule has 2 aromatic heterocycles. The standard InChI is InChI=1S/C16H25N5O/c1-3-5-21-11-13(8-19-21)7-17-9-14-4-6-22-16(14)15-10-18-20(2)12-15/h8,10-12,14,16-17H,3-7,9H2,1-2H3/t14-,16-/m0/s1. The predicted octanol–water partition coefficient (Wildman–Crippen LogP) is 1.89. The summed E-state index contributed by atoms with van der Waals surface area (Å²) in [5.41, 5.74) is 2.42. The summed E-state index contributed by atoms with van der Waals surface area (Å²) >= 11 is 0. The molecule has 0 aromatic carbocycles. The molecule has 0 saturated carbocycles. The summed E-state index contributed by atoms with van der Waals surface area (Å²) in [4.78, 5) is 0. The topological polar surface area (TPSA) is 56.9 Å². The zero-order valence-electron chi connectivity index (χ0n) is 13.4. The van der Waals surface area contributed by atoms with Gasteiger partial charge in [-0.15, -0.1) is 0 Å². The zero-order valence-corrected chi connectivity index (χ0v) is 13.4. The van der Waals surface area contributed by atoms with Crippen LogP contribution in [-0.4, -0.2) is 32.7 Å². The second-order valence-corrected chi connectivity index (χ2v) is 6.03. The predicted molar refractivity (Wildman–Crippen MR) is 84.2 cm³/mol. The van der Waals surface area contributed by atoms with Gasteiger partial charge in [-0.3, -0.25) is 9.36 Å². The first kappa shape index (κ1) is 15.2. The molecule has 0 amide bonds. The van der Waals surface area contributed by atoms with Gasteiger partial charge in [-0.2, -0.15) is 10.2 Å². The summed E-state index contributed by atoms with van der Waals surface area (Å²) in [6.07, 6.45) is 10.4. The molecule has 0 unspecified atom stereocenters. The molecular weight excluding hydrogens is 278 g/mol. The number of hydrogen-bond donors (Lipinski definition) is 1. The van der Waals surface area contributed by atoms with E-state index in [-0.39, 0.29) is 6.10 Å². The maximum Gasteiger partial charge on any atom is 0.0896 e. The molecule has 6 nitrogen and oxygen atoms in total. The Morgan fingerprint density at radius 2 is 2.23 bits per heavy atom. The minimum absolute atomic E-state index is 0.170. The highest BCUT2D eigenvalue weighted by molar-refractivity contribution is 5.11. The van der Waals surface area contributed by atoms with Gasteiger partial charge in [0.2, 0.25) is 0 Å². The average molecular weight is 303 g/mol. The van der Waals surface area contributed by atoms with Crippen LogP contribution in [0.4, 0.5) is 0 Å². The molecule has 3 heterocycles. The number of aromatic nitrogens is 4. The van der Waals surface area contributed by atoms with Crippen LogP contribution in [0, 0.1) is 5.92 Å². The number of nitrogens with one attached hydrogen (secondary N) is 1. The molecule has 2 aromatic rings. The lowest BCUT2D eigenvalue weighted by molar-refractivity contribution is 0.0904. The molecule has 1 aliphatic rings. The van der Waals surface area contributed by atoms with Gasteiger partial charge in [0.25, 0.3) is 0 Å². The zero-order chi connectivity index (χ0) is 15.4. The van der Waals surface area contributed by atoms with Gasteiger partial charge in [0.05, 0.1) is 18.5 Å². The first-order chi connectivity index (χ1) is 10.8. The van der Waals surface area contributed by atoms with Gasteiger partial charge in [-0.1, -0.05) is 6.92 Å². The largest absolute Gasteiger partial charge is 0.373 e. The Labute approximate surface area is 131 Å². The fourth-order valence-electron chi connectivity index (χ4n) is 3.05. The Morgan fingerprint density at radius 3 is 3.00 bits per heavy atom. The molecule has 1 saturated heterocycles. The van der Waals surface area contributed by atoms with Crippen LogP contribution in [0.15, 0.2) is 24.8 Å². The van der Waals surface area contributed by atoms with E-state index in [1.165, 1.54) is 11.1 Å². The number of ether oxygens (including phenoxy) is 1. The van der Waals surface area contributed by atoms with Crippen LogP contribution in [0.3, 0.4) is 0 Å². The Hall–Kier alpha value is -1.66. The third-order valence-electron chi connectivity index (χ3n) is 4.14. The quantitative estimate of drug-likeness (QED) is 0.849. The average Bonchev–Trinajstić information content (AvgIpc) is 3.21. The molecule has 120 valence electrons. The highest BCUT2D eigenvalue weighted by atomic mass is 16.5. The Balaban J connectivity index is 1.50. The van der Waals surface area contributed by atoms with Gasteiger partial charge in [0.1, 0.15) is 0 Å². The van der Waals surface area contributed by atoms with Gasteiger partial charge in [-0.25, -0.2) is 0 Å². The van der Waals surface area contributed by atoms with E-state index in [0.717, 1.165) is 39.1 Å². The van der Waals surface area contributed by atoms with Crippen LogP contribution in [-0.2, 0) is 24.9 Å². The molecule has 3 rings (SSSR count). The summed E-state index contributed by atoms with van der Waals surface area (Å²) in [5.74, 6) is 0.509. The molecule has 0 spiro atoms. The summed E-state index contributed by atoms with van der Waals surface area (Å²) in [7, 11) is 1.94. The lowest BCUT2D eigenvalue weighted by Crippen LogP contribution is -2.24. The van der Waals surface area contributed by atoms with E-state index in [0.29, 0.717) is 5.92 Å². The van der Waals surface area contributed by atoms with Gasteiger partial charge >= 0.3 is 0 Å². The number of hydrogen-bond acceptors (Lipinski definition) is 4. The minimum Gasteiger partial charge on any atom is -0.373 e. The second kappa shape index (κ2) is 7.07. The van der Waals surface area contributed by atoms with E-state index in [1.807, 2.05) is 28.8 Å². The van der Waals surface area contributed by atoms with Crippen molar-refractivity contribution in [1.82, 2.24) is 24.9 Å². The van der Waals surface area contributed by atoms with Gasteiger partial charge in [-0.05, 0) is 12.8 Å². The normalized spacial score (nSPS) is 21.5. The van der Waals surface area contributed by atoms with Crippen molar-refractivity contribution in [2.45, 2.75) is 39.0 Å². The van der Waals surface area contributed by atoms with Crippen molar-refractivity contribution in [2.24, 2.45) is 13.0 Å². The van der Waals surface area contributed by atoms with Crippen molar-refractivity contribution in [3.05, 3.63) is 35.9 Å². The van der Waals surface area contributed by atoms with Gasteiger partial charge < -0.3 is 10.1 Å². The highest BCUT2D eigenvalue weighted by Gasteiger charge is 2.30. The monoisotopic (exact) mass is 303 g/mol. The summed E-state index contributed by atoms with van der Waals surface area (Å²) in [6.45, 7) is 5.80. The second-order valence-electron chi connectivity index (χ2n) is 6.03. The molecule has 0 bridgehead atoms. The van der Waals surface area contributed by atoms with Crippen molar-refractivity contribution < 1.29 is 4.74 Å². The van der Waals surface area contributed by atoms with Crippen molar-refractivity contribution in [3.63, 3.8) is 0 Å². The van der Waals surface area contributed by atoms with Gasteiger partial charge in [0.15, 0.2) is 0 Å². The lowest BCUT2D eigenvalue weighted by atomic mass is 9.97. The van der Waals surface area contributed by atoms with Crippen molar-refractivity contribution >= 4 is 0 Å². The molecule has 0 aliphatic carbocycles. The first-order valence-corrected chi connectivity index (χ1v) is 8.08. The first-order valence-electron chi connectivity index (χ1n) is 8.08. The lowest BCUT2D eigenvalue weighted by Gasteiger charge is -2.17. The van der Waals surface area contributed by atoms with Crippen molar-refractivity contribution in [3.8, 4) is 0 Å². The van der Waals surface area contributed by atoms with E-state index in [4.69, 9.17) is 4.74 Å². The Morgan fingerprint density at radius 1 is 1.32 bits per heavy atom. The van der Waals surface area contributed by atoms with Crippen LogP contribution >= 0.6 is 0 Å². The van der Waals surface area contributed by atoms with E-state index in [1.54, 1.807) is 0 Å². The minimum atomic E-state index is 0.170. The molecule has 1 N–H and O–H groups in total. The highest BCUT2D eigenvalue weighted by Crippen LogP contribution is 2.33. The van der Waals surface area contributed by atoms with E-state index in [9.17, 15) is 0 Å². The van der Waals surface area contributed by atoms with E-state index in [2.05, 4.69) is 34.8 Å². The maximum absolute atomic E-state index is 5.89. The smallest absolute Gasteiger partial charge is 0.0896 e. The van der Waals surface area contributed by atoms with Crippen LogP contribution in [0.25, 0.3) is 0 Å². The SMILES string of the molecule is CCCn1cc(CNC[C@@H]2CCO[C@@H]2c2cnn(C)c2)cn1. The molecule has 6 heteroatoms. The Bertz CT molecular complexity index is 591. The van der Waals surface area contributed by atoms with Gasteiger partial charge in [0, 0.05) is 62.7 Å². The summed E-state index contributed by atoms with van der Waals surface area (Å²) < 4.78 is 9.74. The van der Waals surface area contributed by atoms with Crippen LogP contribution in [0.2, 0.25) is 0 Å². The number of nitrogens with zero attached hydrogens (tertiary/aromatic N) is 4. The number of rotatable bonds is 7. The molecule has 2 atom stereocenters. The fraction of sp³-hybridized carbons (Fsp3) is 0.625. The van der Waals surface area contributed by atoms with E-state index >= 15 is 0 Å². The fourth-order valence-corrected chi connectivity index (χ4v) is 3.05. The summed E-state index contributed by atoms with van der Waals surface area (Å²) in [5, 5.41) is 12.2. The van der Waals surface area contributed by atoms with Crippen LogP contribution in [0.1, 0.15) is 37.0 Å². The summed E-state index contributed by atoms with van der Waals surface area (Å²) in [6, 6.07) is 0. The maximum atomic E-state index is 5.89. The molecular formula is C16H25N5O. The Kier molecular flexibility index (Phi) is 4.90. The molecule has 1 aliphatic heterocycles. The third-order valence-corrected chi connectivity index (χ3v) is 4.14. The third kappa shape index (κ3) is 3.56. The number of aryl methyl sites for hydroxylation is 2. The molecule has 22 heavy (non-hydrogen) atoms. The molecule has 1 fully saturated rings. The van der Waals surface area contributed by atoms with Crippen LogP contribution < -0.4 is 5.32 Å². The van der Waals surface area contributed by atoms with Crippen molar-refractivity contribution in [1.29, 1.82) is 0 Å². The molecule has 0 radical (unpaired) electrons. The van der Waals surface area contributed by atoms with E-state index < -0.39 is 0 Å². The van der Waals surface area contributed by atoms with Crippen molar-refractivity contribution in [2.75, 3.05) is 13.2 Å². The van der Waals surface area contributed by atoms with Crippen LogP contribution in [0.5, 0.6) is 0 Å².